The molecule has 3 aliphatic heterocycles. The summed E-state index contributed by atoms with van der Waals surface area (Å²) in [6, 6.07) is 13.6. The van der Waals surface area contributed by atoms with Gasteiger partial charge in [-0.1, -0.05) is 48.5 Å². The highest BCUT2D eigenvalue weighted by Gasteiger charge is 2.46. The van der Waals surface area contributed by atoms with Gasteiger partial charge in [-0.25, -0.2) is 5.01 Å². The lowest BCUT2D eigenvalue weighted by Gasteiger charge is -2.43. The monoisotopic (exact) mass is 548 g/mol. The maximum atomic E-state index is 13.7. The van der Waals surface area contributed by atoms with Crippen LogP contribution in [0.3, 0.4) is 0 Å². The zero-order valence-electron chi connectivity index (χ0n) is 22.2. The molecule has 5 rings (SSSR count). The molecule has 2 aromatic rings. The fraction of sp³-hybridized carbons (Fsp3) is 0.414. The van der Waals surface area contributed by atoms with Gasteiger partial charge in [0.15, 0.2) is 0 Å². The molecule has 4 amide bonds. The van der Waals surface area contributed by atoms with Gasteiger partial charge in [0.1, 0.15) is 18.1 Å². The van der Waals surface area contributed by atoms with Gasteiger partial charge in [-0.2, -0.15) is 0 Å². The van der Waals surface area contributed by atoms with Crippen LogP contribution in [0.4, 0.5) is 0 Å². The Balaban J connectivity index is 1.30. The molecule has 3 heterocycles. The van der Waals surface area contributed by atoms with Crippen LogP contribution in [-0.2, 0) is 35.3 Å². The summed E-state index contributed by atoms with van der Waals surface area (Å²) < 4.78 is 11.1. The number of nitrogens with zero attached hydrogens (tertiary/aromatic N) is 2. The summed E-state index contributed by atoms with van der Waals surface area (Å²) in [5.74, 6) is -2.26. The highest BCUT2D eigenvalue weighted by molar-refractivity contribution is 6.00. The molecule has 40 heavy (non-hydrogen) atoms. The number of amides is 4. The minimum Gasteiger partial charge on any atom is -0.433 e. The molecule has 11 heteroatoms. The number of hydrogen-bond donors (Lipinski definition) is 2. The fourth-order valence-electron chi connectivity index (χ4n) is 5.31. The van der Waals surface area contributed by atoms with Crippen molar-refractivity contribution in [3.8, 4) is 0 Å². The molecule has 0 spiro atoms. The predicted octanol–water partition coefficient (Wildman–Crippen LogP) is 1.60. The van der Waals surface area contributed by atoms with E-state index >= 15 is 0 Å². The van der Waals surface area contributed by atoms with E-state index in [1.165, 1.54) is 10.0 Å². The van der Waals surface area contributed by atoms with E-state index in [-0.39, 0.29) is 31.8 Å². The number of fused-ring (bicyclic) bond motifs is 1. The molecule has 0 radical (unpaired) electrons. The molecule has 11 nitrogen and oxygen atoms in total. The van der Waals surface area contributed by atoms with Gasteiger partial charge in [0.2, 0.25) is 18.1 Å². The minimum atomic E-state index is -0.994. The molecule has 0 bridgehead atoms. The highest BCUT2D eigenvalue weighted by Crippen LogP contribution is 2.26. The molecule has 4 atom stereocenters. The number of cyclic esters (lactones) is 1. The second kappa shape index (κ2) is 11.9. The third kappa shape index (κ3) is 5.84. The van der Waals surface area contributed by atoms with Gasteiger partial charge >= 0.3 is 5.97 Å². The molecular weight excluding hydrogens is 516 g/mol. The summed E-state index contributed by atoms with van der Waals surface area (Å²) in [6.07, 6.45) is -0.0614. The number of rotatable bonds is 7. The van der Waals surface area contributed by atoms with Crippen molar-refractivity contribution in [2.45, 2.75) is 70.1 Å². The molecule has 2 N–H and O–H groups in total. The lowest BCUT2D eigenvalue weighted by molar-refractivity contribution is -0.177. The Bertz CT molecular complexity index is 1300. The number of carbonyl (C=O) groups excluding carboxylic acids is 5. The van der Waals surface area contributed by atoms with Gasteiger partial charge < -0.3 is 20.1 Å². The lowest BCUT2D eigenvalue weighted by atomic mass is 10.0. The fourth-order valence-corrected chi connectivity index (χ4v) is 5.31. The molecule has 1 unspecified atom stereocenters. The van der Waals surface area contributed by atoms with Crippen molar-refractivity contribution in [2.75, 3.05) is 6.54 Å². The third-order valence-corrected chi connectivity index (χ3v) is 7.41. The van der Waals surface area contributed by atoms with Gasteiger partial charge in [-0.05, 0) is 43.4 Å². The maximum absolute atomic E-state index is 13.7. The van der Waals surface area contributed by atoms with Crippen molar-refractivity contribution >= 4 is 29.6 Å². The van der Waals surface area contributed by atoms with Crippen molar-refractivity contribution < 1.29 is 33.4 Å². The van der Waals surface area contributed by atoms with Gasteiger partial charge in [-0.15, -0.1) is 0 Å². The number of hydrogen-bond acceptors (Lipinski definition) is 7. The number of esters is 1. The lowest BCUT2D eigenvalue weighted by Crippen LogP contribution is -2.64. The topological polar surface area (TPSA) is 134 Å². The van der Waals surface area contributed by atoms with Crippen LogP contribution in [0.25, 0.3) is 0 Å². The first-order valence-corrected chi connectivity index (χ1v) is 13.5. The van der Waals surface area contributed by atoms with Crippen LogP contribution in [0.5, 0.6) is 0 Å². The third-order valence-electron chi connectivity index (χ3n) is 7.41. The van der Waals surface area contributed by atoms with E-state index in [1.807, 2.05) is 36.4 Å². The molecule has 2 aromatic carbocycles. The van der Waals surface area contributed by atoms with E-state index in [0.29, 0.717) is 24.9 Å². The first kappa shape index (κ1) is 27.3. The first-order chi connectivity index (χ1) is 19.3. The summed E-state index contributed by atoms with van der Waals surface area (Å²) in [4.78, 5) is 65.3. The Morgan fingerprint density at radius 1 is 1.00 bits per heavy atom. The van der Waals surface area contributed by atoms with E-state index in [0.717, 1.165) is 11.1 Å². The summed E-state index contributed by atoms with van der Waals surface area (Å²) >= 11 is 0. The summed E-state index contributed by atoms with van der Waals surface area (Å²) in [5.41, 5.74) is 2.07. The molecule has 210 valence electrons. The van der Waals surface area contributed by atoms with Crippen LogP contribution in [0.2, 0.25) is 0 Å². The predicted molar refractivity (Wildman–Crippen MR) is 141 cm³/mol. The van der Waals surface area contributed by atoms with Crippen LogP contribution in [-0.4, -0.2) is 70.6 Å². The Morgan fingerprint density at radius 3 is 2.52 bits per heavy atom. The Hall–Kier alpha value is -4.25. The van der Waals surface area contributed by atoms with Crippen molar-refractivity contribution in [1.29, 1.82) is 0 Å². The van der Waals surface area contributed by atoms with Crippen molar-refractivity contribution in [3.05, 3.63) is 71.3 Å². The minimum absolute atomic E-state index is 0.0513. The van der Waals surface area contributed by atoms with Crippen molar-refractivity contribution in [2.24, 2.45) is 0 Å². The molecule has 0 aliphatic carbocycles. The number of aryl methyl sites for hydroxylation is 1. The maximum Gasteiger partial charge on any atom is 0.310 e. The van der Waals surface area contributed by atoms with Crippen LogP contribution < -0.4 is 10.6 Å². The number of nitrogens with one attached hydrogen (secondary N) is 2. The van der Waals surface area contributed by atoms with Gasteiger partial charge in [-0.3, -0.25) is 29.0 Å². The normalized spacial score (nSPS) is 24.7. The van der Waals surface area contributed by atoms with E-state index in [2.05, 4.69) is 10.6 Å². The van der Waals surface area contributed by atoms with Crippen LogP contribution >= 0.6 is 0 Å². The standard InChI is InChI=1S/C29H32N4O7/c1-18-8-5-6-11-20(18)26(36)30-21-13-14-24(34)32-15-7-12-23(33(32)28(21)38)27(37)31-22-16-25(35)40-29(22)39-17-19-9-3-2-4-10-19/h2-6,8-11,21-23,29H,7,12-17H2,1H3,(H,30,36)(H,31,37)/t21-,22-,23-,29?/m0/s1. The average Bonchev–Trinajstić information content (AvgIpc) is 3.26. The number of carbonyl (C=O) groups is 5. The summed E-state index contributed by atoms with van der Waals surface area (Å²) in [5, 5.41) is 8.09. The largest absolute Gasteiger partial charge is 0.433 e. The first-order valence-electron chi connectivity index (χ1n) is 13.5. The Morgan fingerprint density at radius 2 is 1.75 bits per heavy atom. The molecule has 3 saturated heterocycles. The van der Waals surface area contributed by atoms with E-state index in [1.54, 1.807) is 25.1 Å². The average molecular weight is 549 g/mol. The van der Waals surface area contributed by atoms with Gasteiger partial charge in [0.05, 0.1) is 13.0 Å². The molecule has 0 saturated carbocycles. The van der Waals surface area contributed by atoms with Crippen molar-refractivity contribution in [1.82, 2.24) is 20.7 Å². The molecule has 0 aromatic heterocycles. The summed E-state index contributed by atoms with van der Waals surface area (Å²) in [6.45, 7) is 2.28. The smallest absolute Gasteiger partial charge is 0.310 e. The van der Waals surface area contributed by atoms with Gasteiger partial charge in [0.25, 0.3) is 11.8 Å². The zero-order chi connectivity index (χ0) is 28.2. The highest BCUT2D eigenvalue weighted by atomic mass is 16.7. The molecular formula is C29H32N4O7. The Labute approximate surface area is 231 Å². The van der Waals surface area contributed by atoms with Crippen LogP contribution in [0.1, 0.15) is 53.6 Å². The van der Waals surface area contributed by atoms with Gasteiger partial charge in [0, 0.05) is 18.5 Å². The van der Waals surface area contributed by atoms with Crippen LogP contribution in [0.15, 0.2) is 54.6 Å². The number of benzene rings is 2. The quantitative estimate of drug-likeness (QED) is 0.502. The van der Waals surface area contributed by atoms with E-state index in [9.17, 15) is 24.0 Å². The SMILES string of the molecule is Cc1ccccc1C(=O)N[C@H]1CCC(=O)N2CCC[C@@H](C(=O)N[C@H]3CC(=O)OC3OCc3ccccc3)N2C1=O. The molecule has 3 aliphatic rings. The Kier molecular flexibility index (Phi) is 8.11. The zero-order valence-corrected chi connectivity index (χ0v) is 22.2. The molecule has 3 fully saturated rings. The summed E-state index contributed by atoms with van der Waals surface area (Å²) in [7, 11) is 0. The second-order valence-electron chi connectivity index (χ2n) is 10.2. The van der Waals surface area contributed by atoms with E-state index < -0.39 is 48.1 Å². The van der Waals surface area contributed by atoms with E-state index in [4.69, 9.17) is 9.47 Å². The van der Waals surface area contributed by atoms with Crippen LogP contribution in [0, 0.1) is 6.92 Å². The number of ether oxygens (including phenoxy) is 2. The van der Waals surface area contributed by atoms with Crippen molar-refractivity contribution in [3.63, 3.8) is 0 Å². The second-order valence-corrected chi connectivity index (χ2v) is 10.2. The number of hydrazine groups is 1.